The summed E-state index contributed by atoms with van der Waals surface area (Å²) in [6.07, 6.45) is 3.04. The molecule has 5 heteroatoms. The summed E-state index contributed by atoms with van der Waals surface area (Å²) >= 11 is 1.82. The second-order valence-corrected chi connectivity index (χ2v) is 5.14. The van der Waals surface area contributed by atoms with Gasteiger partial charge in [-0.05, 0) is 24.8 Å². The molecule has 0 saturated heterocycles. The number of nitrogens with two attached hydrogens (primary N) is 1. The van der Waals surface area contributed by atoms with Gasteiger partial charge in [-0.2, -0.15) is 16.7 Å². The fraction of sp³-hybridized carbons (Fsp3) is 0.583. The number of ether oxygens (including phenoxy) is 1. The number of hydrogen-bond donors (Lipinski definition) is 2. The van der Waals surface area contributed by atoms with Crippen molar-refractivity contribution in [3.05, 3.63) is 12.1 Å². The summed E-state index contributed by atoms with van der Waals surface area (Å²) in [5.41, 5.74) is 6.38. The molecule has 3 N–H and O–H groups in total. The molecule has 1 heterocycles. The van der Waals surface area contributed by atoms with Crippen LogP contribution in [0.5, 0.6) is 5.88 Å². The average Bonchev–Trinajstić information content (AvgIpc) is 2.35. The SMILES string of the molecule is CCCOc1nc(NCC(C)SC)ccc1N. The van der Waals surface area contributed by atoms with Crippen LogP contribution in [0.2, 0.25) is 0 Å². The summed E-state index contributed by atoms with van der Waals surface area (Å²) in [6, 6.07) is 3.70. The Balaban J connectivity index is 2.61. The third-order valence-electron chi connectivity index (χ3n) is 2.31. The van der Waals surface area contributed by atoms with E-state index in [1.807, 2.05) is 23.9 Å². The second-order valence-electron chi connectivity index (χ2n) is 3.87. The lowest BCUT2D eigenvalue weighted by Gasteiger charge is -2.12. The largest absolute Gasteiger partial charge is 0.476 e. The first-order valence-electron chi connectivity index (χ1n) is 5.83. The fourth-order valence-electron chi connectivity index (χ4n) is 1.20. The lowest BCUT2D eigenvalue weighted by Crippen LogP contribution is -2.14. The van der Waals surface area contributed by atoms with Crippen LogP contribution < -0.4 is 15.8 Å². The average molecular weight is 255 g/mol. The zero-order valence-corrected chi connectivity index (χ0v) is 11.5. The normalized spacial score (nSPS) is 12.2. The van der Waals surface area contributed by atoms with Gasteiger partial charge >= 0.3 is 0 Å². The van der Waals surface area contributed by atoms with E-state index in [4.69, 9.17) is 10.5 Å². The van der Waals surface area contributed by atoms with E-state index in [2.05, 4.69) is 30.4 Å². The molecule has 0 amide bonds. The lowest BCUT2D eigenvalue weighted by molar-refractivity contribution is 0.307. The highest BCUT2D eigenvalue weighted by Crippen LogP contribution is 2.21. The summed E-state index contributed by atoms with van der Waals surface area (Å²) < 4.78 is 5.48. The first kappa shape index (κ1) is 14.0. The predicted octanol–water partition coefficient (Wildman–Crippen LogP) is 2.62. The minimum Gasteiger partial charge on any atom is -0.476 e. The predicted molar refractivity (Wildman–Crippen MR) is 75.9 cm³/mol. The molecule has 96 valence electrons. The number of nitrogen functional groups attached to an aromatic ring is 1. The van der Waals surface area contributed by atoms with Crippen molar-refractivity contribution in [3.63, 3.8) is 0 Å². The van der Waals surface area contributed by atoms with E-state index in [0.717, 1.165) is 18.8 Å². The zero-order chi connectivity index (χ0) is 12.7. The van der Waals surface area contributed by atoms with E-state index in [9.17, 15) is 0 Å². The molecule has 0 fully saturated rings. The molecule has 0 aromatic carbocycles. The van der Waals surface area contributed by atoms with Gasteiger partial charge in [0.1, 0.15) is 5.82 Å². The smallest absolute Gasteiger partial charge is 0.239 e. The zero-order valence-electron chi connectivity index (χ0n) is 10.7. The van der Waals surface area contributed by atoms with Crippen LogP contribution in [0.15, 0.2) is 12.1 Å². The number of nitrogens with zero attached hydrogens (tertiary/aromatic N) is 1. The van der Waals surface area contributed by atoms with E-state index in [-0.39, 0.29) is 0 Å². The summed E-state index contributed by atoms with van der Waals surface area (Å²) in [5, 5.41) is 3.82. The van der Waals surface area contributed by atoms with Crippen LogP contribution in [-0.2, 0) is 0 Å². The number of rotatable bonds is 7. The van der Waals surface area contributed by atoms with Gasteiger partial charge in [0, 0.05) is 11.8 Å². The summed E-state index contributed by atoms with van der Waals surface area (Å²) in [5.74, 6) is 1.33. The van der Waals surface area contributed by atoms with E-state index in [1.165, 1.54) is 0 Å². The van der Waals surface area contributed by atoms with Crippen LogP contribution in [0.4, 0.5) is 11.5 Å². The second kappa shape index (κ2) is 7.27. The molecule has 17 heavy (non-hydrogen) atoms. The highest BCUT2D eigenvalue weighted by molar-refractivity contribution is 7.99. The lowest BCUT2D eigenvalue weighted by atomic mass is 10.4. The molecule has 1 atom stereocenters. The van der Waals surface area contributed by atoms with Gasteiger partial charge < -0.3 is 15.8 Å². The van der Waals surface area contributed by atoms with Crippen molar-refractivity contribution in [2.24, 2.45) is 0 Å². The number of nitrogens with one attached hydrogen (secondary N) is 1. The third-order valence-corrected chi connectivity index (χ3v) is 3.28. The highest BCUT2D eigenvalue weighted by atomic mass is 32.2. The Morgan fingerprint density at radius 1 is 1.53 bits per heavy atom. The van der Waals surface area contributed by atoms with Crippen molar-refractivity contribution in [1.29, 1.82) is 0 Å². The Morgan fingerprint density at radius 2 is 2.29 bits per heavy atom. The van der Waals surface area contributed by atoms with Gasteiger partial charge in [-0.1, -0.05) is 13.8 Å². The summed E-state index contributed by atoms with van der Waals surface area (Å²) in [6.45, 7) is 5.75. The Labute approximate surface area is 107 Å². The number of anilines is 2. The van der Waals surface area contributed by atoms with Crippen molar-refractivity contribution in [2.45, 2.75) is 25.5 Å². The molecule has 0 aliphatic carbocycles. The van der Waals surface area contributed by atoms with Crippen LogP contribution in [0.25, 0.3) is 0 Å². The van der Waals surface area contributed by atoms with E-state index >= 15 is 0 Å². The van der Waals surface area contributed by atoms with Crippen molar-refractivity contribution < 1.29 is 4.74 Å². The van der Waals surface area contributed by atoms with Crippen LogP contribution in [0.3, 0.4) is 0 Å². The molecular formula is C12H21N3OS. The van der Waals surface area contributed by atoms with Crippen molar-refractivity contribution in [1.82, 2.24) is 4.98 Å². The minimum atomic E-state index is 0.522. The molecule has 0 aliphatic heterocycles. The Hall–Kier alpha value is -1.10. The molecule has 0 saturated carbocycles. The van der Waals surface area contributed by atoms with Crippen LogP contribution in [0.1, 0.15) is 20.3 Å². The molecule has 0 radical (unpaired) electrons. The monoisotopic (exact) mass is 255 g/mol. The van der Waals surface area contributed by atoms with E-state index < -0.39 is 0 Å². The quantitative estimate of drug-likeness (QED) is 0.784. The molecule has 1 rings (SSSR count). The number of thioether (sulfide) groups is 1. The number of aromatic nitrogens is 1. The van der Waals surface area contributed by atoms with Crippen molar-refractivity contribution in [2.75, 3.05) is 30.5 Å². The van der Waals surface area contributed by atoms with Crippen LogP contribution >= 0.6 is 11.8 Å². The first-order valence-corrected chi connectivity index (χ1v) is 7.12. The maximum atomic E-state index is 5.79. The van der Waals surface area contributed by atoms with Gasteiger partial charge in [0.05, 0.1) is 12.3 Å². The molecule has 4 nitrogen and oxygen atoms in total. The third kappa shape index (κ3) is 4.73. The number of hydrogen-bond acceptors (Lipinski definition) is 5. The summed E-state index contributed by atoms with van der Waals surface area (Å²) in [4.78, 5) is 4.35. The van der Waals surface area contributed by atoms with Gasteiger partial charge in [-0.3, -0.25) is 0 Å². The molecule has 1 unspecified atom stereocenters. The molecule has 0 spiro atoms. The Morgan fingerprint density at radius 3 is 2.94 bits per heavy atom. The van der Waals surface area contributed by atoms with E-state index in [0.29, 0.717) is 23.4 Å². The number of pyridine rings is 1. The fourth-order valence-corrected chi connectivity index (χ4v) is 1.45. The molecular weight excluding hydrogens is 234 g/mol. The van der Waals surface area contributed by atoms with Crippen molar-refractivity contribution in [3.8, 4) is 5.88 Å². The standard InChI is InChI=1S/C12H21N3OS/c1-4-7-16-12-10(13)5-6-11(15-12)14-8-9(2)17-3/h5-6,9H,4,7-8,13H2,1-3H3,(H,14,15). The van der Waals surface area contributed by atoms with Gasteiger partial charge in [0.2, 0.25) is 5.88 Å². The Kier molecular flexibility index (Phi) is 5.97. The van der Waals surface area contributed by atoms with Gasteiger partial charge in [-0.25, -0.2) is 0 Å². The molecule has 0 aliphatic rings. The van der Waals surface area contributed by atoms with Crippen LogP contribution in [-0.4, -0.2) is 29.6 Å². The van der Waals surface area contributed by atoms with Gasteiger partial charge in [0.15, 0.2) is 0 Å². The van der Waals surface area contributed by atoms with Gasteiger partial charge in [0.25, 0.3) is 0 Å². The molecule has 1 aromatic heterocycles. The topological polar surface area (TPSA) is 60.2 Å². The maximum absolute atomic E-state index is 5.79. The minimum absolute atomic E-state index is 0.522. The van der Waals surface area contributed by atoms with E-state index in [1.54, 1.807) is 0 Å². The summed E-state index contributed by atoms with van der Waals surface area (Å²) in [7, 11) is 0. The maximum Gasteiger partial charge on any atom is 0.239 e. The Bertz CT molecular complexity index is 347. The van der Waals surface area contributed by atoms with Crippen molar-refractivity contribution >= 4 is 23.3 Å². The van der Waals surface area contributed by atoms with Crippen LogP contribution in [0, 0.1) is 0 Å². The molecule has 0 bridgehead atoms. The first-order chi connectivity index (χ1) is 8.17. The van der Waals surface area contributed by atoms with Gasteiger partial charge in [-0.15, -0.1) is 0 Å². The molecule has 1 aromatic rings. The highest BCUT2D eigenvalue weighted by Gasteiger charge is 2.05.